The molecule has 6 aliphatic rings. The van der Waals surface area contributed by atoms with E-state index >= 15 is 0 Å². The van der Waals surface area contributed by atoms with E-state index in [4.69, 9.17) is 0 Å². The molecule has 9 heteroatoms. The Morgan fingerprint density at radius 1 is 1.00 bits per heavy atom. The maximum absolute atomic E-state index is 13.5. The zero-order chi connectivity index (χ0) is 22.7. The number of hydrazine groups is 1. The molecule has 32 heavy (non-hydrogen) atoms. The number of hydrogen-bond acceptors (Lipinski definition) is 5. The van der Waals surface area contributed by atoms with Gasteiger partial charge >= 0.3 is 6.03 Å². The van der Waals surface area contributed by atoms with Gasteiger partial charge in [0, 0.05) is 26.2 Å². The second-order valence-corrected chi connectivity index (χ2v) is 11.1. The van der Waals surface area contributed by atoms with Crippen LogP contribution in [0.5, 0.6) is 0 Å². The van der Waals surface area contributed by atoms with Crippen LogP contribution in [-0.2, 0) is 14.4 Å². The summed E-state index contributed by atoms with van der Waals surface area (Å²) in [4.78, 5) is 54.5. The zero-order valence-electron chi connectivity index (χ0n) is 19.2. The molecule has 4 bridgehead atoms. The molecular formula is C23H35N5O4. The minimum atomic E-state index is -0.979. The summed E-state index contributed by atoms with van der Waals surface area (Å²) in [5.41, 5.74) is 1.35. The number of urea groups is 1. The smallest absolute Gasteiger partial charge is 0.340 e. The Labute approximate surface area is 189 Å². The minimum Gasteiger partial charge on any atom is -0.340 e. The molecular weight excluding hydrogens is 410 g/mol. The highest BCUT2D eigenvalue weighted by Gasteiger charge is 2.55. The van der Waals surface area contributed by atoms with Crippen LogP contribution in [0.3, 0.4) is 0 Å². The Morgan fingerprint density at radius 3 is 2.06 bits per heavy atom. The molecule has 2 aliphatic heterocycles. The van der Waals surface area contributed by atoms with Crippen molar-refractivity contribution in [3.05, 3.63) is 0 Å². The van der Waals surface area contributed by atoms with Crippen molar-refractivity contribution in [3.8, 4) is 0 Å². The second kappa shape index (κ2) is 7.71. The topological polar surface area (TPSA) is 102 Å². The quantitative estimate of drug-likeness (QED) is 0.617. The first kappa shape index (κ1) is 21.7. The molecule has 1 atom stereocenters. The molecule has 4 saturated carbocycles. The summed E-state index contributed by atoms with van der Waals surface area (Å²) >= 11 is 0. The first-order valence-corrected chi connectivity index (χ1v) is 12.2. The van der Waals surface area contributed by atoms with E-state index in [0.717, 1.165) is 42.0 Å². The van der Waals surface area contributed by atoms with Gasteiger partial charge in [-0.3, -0.25) is 24.7 Å². The van der Waals surface area contributed by atoms with Gasteiger partial charge in [0.1, 0.15) is 5.54 Å². The van der Waals surface area contributed by atoms with E-state index in [0.29, 0.717) is 38.5 Å². The average Bonchev–Trinajstić information content (AvgIpc) is 2.96. The van der Waals surface area contributed by atoms with E-state index in [1.165, 1.54) is 19.3 Å². The predicted octanol–water partition coefficient (Wildman–Crippen LogP) is 1.10. The molecule has 0 aromatic carbocycles. The van der Waals surface area contributed by atoms with Crippen molar-refractivity contribution in [3.63, 3.8) is 0 Å². The van der Waals surface area contributed by atoms with Crippen molar-refractivity contribution >= 4 is 23.8 Å². The van der Waals surface area contributed by atoms with Crippen LogP contribution < -0.4 is 10.7 Å². The Hall–Kier alpha value is -2.16. The number of imide groups is 1. The van der Waals surface area contributed by atoms with Gasteiger partial charge < -0.3 is 10.2 Å². The number of rotatable bonds is 5. The number of carbonyl (C=O) groups excluding carboxylic acids is 4. The Bertz CT molecular complexity index is 801. The summed E-state index contributed by atoms with van der Waals surface area (Å²) in [6.07, 6.45) is 7.64. The third-order valence-electron chi connectivity index (χ3n) is 8.72. The van der Waals surface area contributed by atoms with Crippen molar-refractivity contribution < 1.29 is 19.2 Å². The molecule has 2 saturated heterocycles. The maximum atomic E-state index is 13.5. The first-order chi connectivity index (χ1) is 15.2. The number of nitrogens with one attached hydrogen (secondary N) is 2. The van der Waals surface area contributed by atoms with Crippen LogP contribution in [0.1, 0.15) is 58.8 Å². The fourth-order valence-electron chi connectivity index (χ4n) is 7.21. The molecule has 0 spiro atoms. The minimum absolute atomic E-state index is 0.0965. The van der Waals surface area contributed by atoms with Gasteiger partial charge in [0.2, 0.25) is 5.91 Å². The van der Waals surface area contributed by atoms with Crippen molar-refractivity contribution in [1.82, 2.24) is 25.6 Å². The lowest BCUT2D eigenvalue weighted by atomic mass is 9.49. The third-order valence-corrected chi connectivity index (χ3v) is 8.72. The van der Waals surface area contributed by atoms with Crippen molar-refractivity contribution in [2.24, 2.45) is 23.2 Å². The van der Waals surface area contributed by atoms with Gasteiger partial charge in [0.15, 0.2) is 0 Å². The SMILES string of the molecule is CCC1(C)NC(=O)N(NC(=O)CN2CCN(C(=O)C34CC5CC(CC(C5)C3)C4)CC2)C1=O. The van der Waals surface area contributed by atoms with Crippen LogP contribution in [-0.4, -0.2) is 76.8 Å². The Kier molecular flexibility index (Phi) is 5.22. The molecule has 4 aliphatic carbocycles. The molecule has 1 unspecified atom stereocenters. The third kappa shape index (κ3) is 3.58. The summed E-state index contributed by atoms with van der Waals surface area (Å²) in [6.45, 7) is 6.07. The van der Waals surface area contributed by atoms with E-state index in [2.05, 4.69) is 10.7 Å². The van der Waals surface area contributed by atoms with E-state index < -0.39 is 23.4 Å². The maximum Gasteiger partial charge on any atom is 0.344 e. The summed E-state index contributed by atoms with van der Waals surface area (Å²) in [5.74, 6) is 1.75. The lowest BCUT2D eigenvalue weighted by Gasteiger charge is -2.57. The predicted molar refractivity (Wildman–Crippen MR) is 116 cm³/mol. The summed E-state index contributed by atoms with van der Waals surface area (Å²) in [5, 5.41) is 3.42. The highest BCUT2D eigenvalue weighted by molar-refractivity contribution is 6.07. The molecule has 6 fully saturated rings. The normalized spacial score (nSPS) is 38.9. The lowest BCUT2D eigenvalue weighted by molar-refractivity contribution is -0.159. The van der Waals surface area contributed by atoms with Gasteiger partial charge in [-0.2, -0.15) is 5.01 Å². The Balaban J connectivity index is 1.12. The van der Waals surface area contributed by atoms with Crippen LogP contribution >= 0.6 is 0 Å². The number of piperazine rings is 1. The van der Waals surface area contributed by atoms with Crippen LogP contribution in [0.2, 0.25) is 0 Å². The fourth-order valence-corrected chi connectivity index (χ4v) is 7.21. The van der Waals surface area contributed by atoms with Gasteiger partial charge in [-0.05, 0) is 69.6 Å². The van der Waals surface area contributed by atoms with E-state index in [-0.39, 0.29) is 12.0 Å². The molecule has 0 radical (unpaired) electrons. The van der Waals surface area contributed by atoms with Gasteiger partial charge in [0.05, 0.1) is 12.0 Å². The molecule has 2 N–H and O–H groups in total. The zero-order valence-corrected chi connectivity index (χ0v) is 19.2. The highest BCUT2D eigenvalue weighted by Crippen LogP contribution is 2.60. The monoisotopic (exact) mass is 445 g/mol. The molecule has 0 aromatic heterocycles. The van der Waals surface area contributed by atoms with Crippen LogP contribution in [0.15, 0.2) is 0 Å². The highest BCUT2D eigenvalue weighted by atomic mass is 16.2. The van der Waals surface area contributed by atoms with E-state index in [1.807, 2.05) is 16.7 Å². The van der Waals surface area contributed by atoms with Gasteiger partial charge in [-0.25, -0.2) is 4.79 Å². The number of hydrogen-bond donors (Lipinski definition) is 2. The van der Waals surface area contributed by atoms with Gasteiger partial charge in [-0.15, -0.1) is 0 Å². The lowest BCUT2D eigenvalue weighted by Crippen LogP contribution is -2.59. The summed E-state index contributed by atoms with van der Waals surface area (Å²) in [6, 6.07) is -0.598. The second-order valence-electron chi connectivity index (χ2n) is 11.1. The summed E-state index contributed by atoms with van der Waals surface area (Å²) in [7, 11) is 0. The average molecular weight is 446 g/mol. The fraction of sp³-hybridized carbons (Fsp3) is 0.826. The first-order valence-electron chi connectivity index (χ1n) is 12.2. The largest absolute Gasteiger partial charge is 0.344 e. The van der Waals surface area contributed by atoms with Crippen molar-refractivity contribution in [2.75, 3.05) is 32.7 Å². The van der Waals surface area contributed by atoms with Crippen LogP contribution in [0, 0.1) is 23.2 Å². The van der Waals surface area contributed by atoms with Crippen molar-refractivity contribution in [1.29, 1.82) is 0 Å². The molecule has 0 aromatic rings. The molecule has 9 nitrogen and oxygen atoms in total. The number of amides is 5. The van der Waals surface area contributed by atoms with Crippen LogP contribution in [0.25, 0.3) is 0 Å². The molecule has 6 rings (SSSR count). The van der Waals surface area contributed by atoms with Gasteiger partial charge in [0.25, 0.3) is 11.8 Å². The van der Waals surface area contributed by atoms with E-state index in [9.17, 15) is 19.2 Å². The van der Waals surface area contributed by atoms with Gasteiger partial charge in [-0.1, -0.05) is 6.92 Å². The number of nitrogens with zero attached hydrogens (tertiary/aromatic N) is 3. The van der Waals surface area contributed by atoms with E-state index in [1.54, 1.807) is 6.92 Å². The molecule has 2 heterocycles. The molecule has 5 amide bonds. The Morgan fingerprint density at radius 2 is 1.56 bits per heavy atom. The number of carbonyl (C=O) groups is 4. The summed E-state index contributed by atoms with van der Waals surface area (Å²) < 4.78 is 0. The standard InChI is InChI=1S/C23H35N5O4/c1-3-22(2)19(30)28(21(32)24-22)25-18(29)14-26-4-6-27(7-5-26)20(31)23-11-15-8-16(12-23)10-17(9-15)13-23/h15-17H,3-14H2,1-2H3,(H,24,32)(H,25,29). The van der Waals surface area contributed by atoms with Crippen LogP contribution in [0.4, 0.5) is 4.79 Å². The molecule has 176 valence electrons. The van der Waals surface area contributed by atoms with Crippen molar-refractivity contribution in [2.45, 2.75) is 64.3 Å².